The highest BCUT2D eigenvalue weighted by Crippen LogP contribution is 2.36. The van der Waals surface area contributed by atoms with Crippen molar-refractivity contribution in [1.82, 2.24) is 4.98 Å². The fraction of sp³-hybridized carbons (Fsp3) is 0.500. The Morgan fingerprint density at radius 2 is 1.91 bits per heavy atom. The van der Waals surface area contributed by atoms with Crippen LogP contribution in [0.2, 0.25) is 0 Å². The first kappa shape index (κ1) is 16.7. The first-order chi connectivity index (χ1) is 10.2. The van der Waals surface area contributed by atoms with Gasteiger partial charge in [-0.05, 0) is 39.8 Å². The van der Waals surface area contributed by atoms with Gasteiger partial charge in [-0.2, -0.15) is 0 Å². The quantitative estimate of drug-likeness (QED) is 0.628. The number of carbonyl (C=O) groups is 1. The topological polar surface area (TPSA) is 57.7 Å². The molecule has 0 spiro atoms. The number of hydrogen-bond acceptors (Lipinski definition) is 5. The summed E-state index contributed by atoms with van der Waals surface area (Å²) >= 11 is 0. The fourth-order valence-electron chi connectivity index (χ4n) is 1.99. The molecule has 0 amide bonds. The minimum absolute atomic E-state index is 0.233. The minimum Gasteiger partial charge on any atom is -0.469 e. The number of methoxy groups -OCH3 is 1. The lowest BCUT2D eigenvalue weighted by atomic mass is 9.80. The minimum atomic E-state index is -0.411. The Morgan fingerprint density at radius 1 is 1.27 bits per heavy atom. The van der Waals surface area contributed by atoms with Crippen LogP contribution in [0.1, 0.15) is 39.8 Å². The Labute approximate surface area is 131 Å². The summed E-state index contributed by atoms with van der Waals surface area (Å²) in [4.78, 5) is 15.4. The van der Waals surface area contributed by atoms with Gasteiger partial charge in [0.1, 0.15) is 0 Å². The molecule has 0 aromatic carbocycles. The molecule has 1 aromatic rings. The SMILES string of the molecule is COC(=O)CC=Cc1ccc(B2OC(C)(C)C(C)(C)O2)cn1. The molecular weight excluding hydrogens is 281 g/mol. The van der Waals surface area contributed by atoms with Gasteiger partial charge in [0.15, 0.2) is 0 Å². The van der Waals surface area contributed by atoms with Crippen LogP contribution in [0.15, 0.2) is 24.4 Å². The van der Waals surface area contributed by atoms with E-state index in [9.17, 15) is 4.79 Å². The van der Waals surface area contributed by atoms with Crippen LogP contribution in [-0.4, -0.2) is 36.4 Å². The van der Waals surface area contributed by atoms with Crippen LogP contribution >= 0.6 is 0 Å². The average molecular weight is 303 g/mol. The van der Waals surface area contributed by atoms with Gasteiger partial charge >= 0.3 is 13.1 Å². The summed E-state index contributed by atoms with van der Waals surface area (Å²) in [5.41, 5.74) is 0.918. The first-order valence-electron chi connectivity index (χ1n) is 7.30. The van der Waals surface area contributed by atoms with Crippen LogP contribution in [0.4, 0.5) is 0 Å². The Morgan fingerprint density at radius 3 is 2.41 bits per heavy atom. The normalized spacial score (nSPS) is 19.6. The third-order valence-corrected chi connectivity index (χ3v) is 4.14. The van der Waals surface area contributed by atoms with Gasteiger partial charge in [0.25, 0.3) is 0 Å². The summed E-state index contributed by atoms with van der Waals surface area (Å²) in [5.74, 6) is -0.273. The van der Waals surface area contributed by atoms with Crippen molar-refractivity contribution >= 4 is 24.6 Å². The monoisotopic (exact) mass is 303 g/mol. The maximum Gasteiger partial charge on any atom is 0.496 e. The summed E-state index contributed by atoms with van der Waals surface area (Å²) in [6, 6.07) is 3.79. The first-order valence-corrected chi connectivity index (χ1v) is 7.30. The van der Waals surface area contributed by atoms with Gasteiger partial charge in [-0.25, -0.2) is 0 Å². The number of hydrogen-bond donors (Lipinski definition) is 0. The van der Waals surface area contributed by atoms with E-state index in [-0.39, 0.29) is 23.6 Å². The molecule has 0 radical (unpaired) electrons. The third-order valence-electron chi connectivity index (χ3n) is 4.14. The van der Waals surface area contributed by atoms with E-state index >= 15 is 0 Å². The number of rotatable bonds is 4. The molecule has 1 aliphatic heterocycles. The van der Waals surface area contributed by atoms with Gasteiger partial charge < -0.3 is 14.0 Å². The van der Waals surface area contributed by atoms with Crippen LogP contribution in [0.25, 0.3) is 6.08 Å². The van der Waals surface area contributed by atoms with Crippen LogP contribution in [0.5, 0.6) is 0 Å². The molecule has 0 saturated carbocycles. The molecule has 0 bridgehead atoms. The Balaban J connectivity index is 2.03. The summed E-state index contributed by atoms with van der Waals surface area (Å²) < 4.78 is 16.5. The molecule has 0 N–H and O–H groups in total. The van der Waals surface area contributed by atoms with Gasteiger partial charge in [0.2, 0.25) is 0 Å². The van der Waals surface area contributed by atoms with Crippen molar-refractivity contribution in [3.63, 3.8) is 0 Å². The van der Waals surface area contributed by atoms with Crippen molar-refractivity contribution in [2.45, 2.75) is 45.3 Å². The van der Waals surface area contributed by atoms with E-state index in [1.54, 1.807) is 18.3 Å². The summed E-state index contributed by atoms with van der Waals surface area (Å²) in [6.45, 7) is 8.07. The van der Waals surface area contributed by atoms with E-state index in [2.05, 4.69) is 9.72 Å². The predicted molar refractivity (Wildman–Crippen MR) is 85.6 cm³/mol. The summed E-state index contributed by atoms with van der Waals surface area (Å²) in [5, 5.41) is 0. The van der Waals surface area contributed by atoms with Crippen LogP contribution in [-0.2, 0) is 18.8 Å². The lowest BCUT2D eigenvalue weighted by Crippen LogP contribution is -2.41. The molecule has 2 heterocycles. The van der Waals surface area contributed by atoms with Crippen molar-refractivity contribution in [2.75, 3.05) is 7.11 Å². The molecule has 0 unspecified atom stereocenters. The average Bonchev–Trinajstić information content (AvgIpc) is 2.68. The number of esters is 1. The smallest absolute Gasteiger partial charge is 0.469 e. The Kier molecular flexibility index (Phi) is 4.73. The number of carbonyl (C=O) groups excluding carboxylic acids is 1. The van der Waals surface area contributed by atoms with Crippen LogP contribution < -0.4 is 5.46 Å². The highest BCUT2D eigenvalue weighted by atomic mass is 16.7. The van der Waals surface area contributed by atoms with Crippen LogP contribution in [0, 0.1) is 0 Å². The van der Waals surface area contributed by atoms with E-state index in [1.165, 1.54) is 7.11 Å². The lowest BCUT2D eigenvalue weighted by molar-refractivity contribution is -0.139. The highest BCUT2D eigenvalue weighted by Gasteiger charge is 2.51. The number of ether oxygens (including phenoxy) is 1. The molecular formula is C16H22BNO4. The van der Waals surface area contributed by atoms with Crippen molar-refractivity contribution in [3.05, 3.63) is 30.1 Å². The molecule has 6 heteroatoms. The Hall–Kier alpha value is -1.66. The second kappa shape index (κ2) is 6.22. The number of nitrogens with zero attached hydrogens (tertiary/aromatic N) is 1. The van der Waals surface area contributed by atoms with Crippen molar-refractivity contribution < 1.29 is 18.8 Å². The summed E-state index contributed by atoms with van der Waals surface area (Å²) in [6.07, 6.45) is 5.48. The van der Waals surface area contributed by atoms with Gasteiger partial charge in [-0.3, -0.25) is 9.78 Å². The van der Waals surface area contributed by atoms with Crippen LogP contribution in [0.3, 0.4) is 0 Å². The van der Waals surface area contributed by atoms with Gasteiger partial charge in [-0.1, -0.05) is 12.1 Å². The number of pyridine rings is 1. The molecule has 118 valence electrons. The van der Waals surface area contributed by atoms with Crippen molar-refractivity contribution in [1.29, 1.82) is 0 Å². The molecule has 1 aliphatic rings. The zero-order valence-electron chi connectivity index (χ0n) is 13.8. The van der Waals surface area contributed by atoms with Gasteiger partial charge in [-0.15, -0.1) is 0 Å². The Bertz CT molecular complexity index is 550. The molecule has 1 saturated heterocycles. The molecule has 5 nitrogen and oxygen atoms in total. The molecule has 2 rings (SSSR count). The van der Waals surface area contributed by atoms with E-state index in [1.807, 2.05) is 39.8 Å². The number of aromatic nitrogens is 1. The maximum absolute atomic E-state index is 11.0. The van der Waals surface area contributed by atoms with Crippen molar-refractivity contribution in [3.8, 4) is 0 Å². The van der Waals surface area contributed by atoms with Crippen molar-refractivity contribution in [2.24, 2.45) is 0 Å². The maximum atomic E-state index is 11.0. The molecule has 1 fully saturated rings. The standard InChI is InChI=1S/C16H22BNO4/c1-15(2)16(3,4)22-17(21-15)12-9-10-13(18-11-12)7-6-8-14(19)20-5/h6-7,9-11H,8H2,1-5H3. The third kappa shape index (κ3) is 3.57. The lowest BCUT2D eigenvalue weighted by Gasteiger charge is -2.32. The summed E-state index contributed by atoms with van der Waals surface area (Å²) in [7, 11) is 0.957. The molecule has 1 aromatic heterocycles. The van der Waals surface area contributed by atoms with Gasteiger partial charge in [0.05, 0.1) is 30.4 Å². The highest BCUT2D eigenvalue weighted by molar-refractivity contribution is 6.62. The van der Waals surface area contributed by atoms with E-state index in [0.29, 0.717) is 0 Å². The predicted octanol–water partition coefficient (Wildman–Crippen LogP) is 1.96. The second-order valence-corrected chi connectivity index (χ2v) is 6.29. The van der Waals surface area contributed by atoms with E-state index < -0.39 is 7.12 Å². The zero-order chi connectivity index (χ0) is 16.4. The molecule has 0 atom stereocenters. The largest absolute Gasteiger partial charge is 0.496 e. The zero-order valence-corrected chi connectivity index (χ0v) is 13.8. The fourth-order valence-corrected chi connectivity index (χ4v) is 1.99. The molecule has 0 aliphatic carbocycles. The molecule has 22 heavy (non-hydrogen) atoms. The van der Waals surface area contributed by atoms with E-state index in [4.69, 9.17) is 9.31 Å². The van der Waals surface area contributed by atoms with E-state index in [0.717, 1.165) is 11.2 Å². The van der Waals surface area contributed by atoms with Gasteiger partial charge in [0, 0.05) is 11.7 Å². The second-order valence-electron chi connectivity index (χ2n) is 6.29.